The van der Waals surface area contributed by atoms with Crippen LogP contribution >= 0.6 is 0 Å². The largest absolute Gasteiger partial charge is 0.356 e. The zero-order valence-corrected chi connectivity index (χ0v) is 15.6. The minimum absolute atomic E-state index is 0.00508. The van der Waals surface area contributed by atoms with Crippen molar-refractivity contribution in [3.63, 3.8) is 0 Å². The quantitative estimate of drug-likeness (QED) is 0.567. The van der Waals surface area contributed by atoms with Gasteiger partial charge in [-0.05, 0) is 24.1 Å². The molecule has 27 heavy (non-hydrogen) atoms. The predicted molar refractivity (Wildman–Crippen MR) is 107 cm³/mol. The van der Waals surface area contributed by atoms with Crippen molar-refractivity contribution in [1.29, 1.82) is 0 Å². The van der Waals surface area contributed by atoms with E-state index in [-0.39, 0.29) is 24.5 Å². The first-order valence-electron chi connectivity index (χ1n) is 9.48. The third kappa shape index (κ3) is 5.26. The Morgan fingerprint density at radius 3 is 2.52 bits per heavy atom. The maximum absolute atomic E-state index is 12.2. The molecule has 0 spiro atoms. The number of ketones is 1. The molecule has 3 rings (SSSR count). The third-order valence-corrected chi connectivity index (χ3v) is 4.52. The highest BCUT2D eigenvalue weighted by Crippen LogP contribution is 2.11. The van der Waals surface area contributed by atoms with Crippen LogP contribution in [-0.2, 0) is 17.6 Å². The molecule has 140 valence electrons. The van der Waals surface area contributed by atoms with Gasteiger partial charge in [-0.3, -0.25) is 9.59 Å². The summed E-state index contributed by atoms with van der Waals surface area (Å²) >= 11 is 0. The molecule has 0 aliphatic carbocycles. The molecule has 5 heteroatoms. The van der Waals surface area contributed by atoms with E-state index in [9.17, 15) is 9.59 Å². The lowest BCUT2D eigenvalue weighted by molar-refractivity contribution is -0.121. The van der Waals surface area contributed by atoms with Crippen molar-refractivity contribution >= 4 is 22.7 Å². The summed E-state index contributed by atoms with van der Waals surface area (Å²) in [7, 11) is 0. The zero-order chi connectivity index (χ0) is 19.1. The number of hydrogen-bond acceptors (Lipinski definition) is 3. The van der Waals surface area contributed by atoms with Gasteiger partial charge >= 0.3 is 0 Å². The highest BCUT2D eigenvalue weighted by Gasteiger charge is 2.10. The third-order valence-electron chi connectivity index (χ3n) is 4.52. The normalized spacial score (nSPS) is 10.9. The van der Waals surface area contributed by atoms with Gasteiger partial charge in [0.25, 0.3) is 0 Å². The summed E-state index contributed by atoms with van der Waals surface area (Å²) in [6.07, 6.45) is 3.16. The topological polar surface area (TPSA) is 74.8 Å². The molecule has 3 aromatic rings. The Morgan fingerprint density at radius 1 is 1.00 bits per heavy atom. The number of nitrogens with zero attached hydrogens (tertiary/aromatic N) is 1. The Labute approximate surface area is 159 Å². The lowest BCUT2D eigenvalue weighted by atomic mass is 10.0. The van der Waals surface area contributed by atoms with Crippen molar-refractivity contribution in [2.24, 2.45) is 0 Å². The van der Waals surface area contributed by atoms with Crippen LogP contribution in [0.1, 0.15) is 47.9 Å². The second-order valence-electron chi connectivity index (χ2n) is 6.67. The number of aromatic amines is 1. The van der Waals surface area contributed by atoms with E-state index >= 15 is 0 Å². The van der Waals surface area contributed by atoms with Gasteiger partial charge in [0.1, 0.15) is 5.82 Å². The fourth-order valence-corrected chi connectivity index (χ4v) is 3.05. The summed E-state index contributed by atoms with van der Waals surface area (Å²) in [5, 5.41) is 2.86. The molecule has 1 amide bonds. The predicted octanol–water partition coefficient (Wildman–Crippen LogP) is 3.84. The number of rotatable bonds is 9. The lowest BCUT2D eigenvalue weighted by Gasteiger charge is -2.05. The minimum Gasteiger partial charge on any atom is -0.356 e. The van der Waals surface area contributed by atoms with E-state index in [0.717, 1.165) is 29.7 Å². The molecule has 0 unspecified atom stereocenters. The maximum atomic E-state index is 12.2. The van der Waals surface area contributed by atoms with Crippen LogP contribution in [0.3, 0.4) is 0 Å². The van der Waals surface area contributed by atoms with E-state index < -0.39 is 0 Å². The molecule has 0 saturated heterocycles. The molecule has 0 bridgehead atoms. The maximum Gasteiger partial charge on any atom is 0.220 e. The van der Waals surface area contributed by atoms with E-state index in [4.69, 9.17) is 0 Å². The number of carbonyl (C=O) groups is 2. The van der Waals surface area contributed by atoms with Crippen LogP contribution < -0.4 is 5.32 Å². The first-order valence-corrected chi connectivity index (χ1v) is 9.48. The molecule has 2 aromatic carbocycles. The second kappa shape index (κ2) is 9.12. The average molecular weight is 363 g/mol. The summed E-state index contributed by atoms with van der Waals surface area (Å²) in [4.78, 5) is 31.9. The average Bonchev–Trinajstić information content (AvgIpc) is 3.10. The van der Waals surface area contributed by atoms with Crippen LogP contribution in [0.25, 0.3) is 11.0 Å². The molecular formula is C22H25N3O2. The molecule has 2 N–H and O–H groups in total. The van der Waals surface area contributed by atoms with Crippen LogP contribution in [-0.4, -0.2) is 28.2 Å². The van der Waals surface area contributed by atoms with Crippen molar-refractivity contribution in [3.8, 4) is 0 Å². The number of fused-ring (bicyclic) bond motifs is 1. The van der Waals surface area contributed by atoms with E-state index in [0.29, 0.717) is 18.5 Å². The fourth-order valence-electron chi connectivity index (χ4n) is 3.05. The van der Waals surface area contributed by atoms with E-state index in [1.54, 1.807) is 0 Å². The number of para-hydroxylation sites is 2. The molecule has 0 saturated carbocycles. The van der Waals surface area contributed by atoms with Gasteiger partial charge in [-0.2, -0.15) is 0 Å². The molecule has 1 aromatic heterocycles. The molecule has 5 nitrogen and oxygen atoms in total. The molecule has 0 radical (unpaired) electrons. The van der Waals surface area contributed by atoms with Crippen molar-refractivity contribution < 1.29 is 9.59 Å². The Kier molecular flexibility index (Phi) is 6.36. The number of H-pyrrole nitrogens is 1. The molecule has 0 fully saturated rings. The van der Waals surface area contributed by atoms with Crippen molar-refractivity contribution in [3.05, 3.63) is 65.5 Å². The summed E-state index contributed by atoms with van der Waals surface area (Å²) in [6, 6.07) is 15.5. The molecule has 0 aliphatic heterocycles. The summed E-state index contributed by atoms with van der Waals surface area (Å²) < 4.78 is 0. The number of imidazole rings is 1. The van der Waals surface area contributed by atoms with Crippen LogP contribution in [0, 0.1) is 0 Å². The van der Waals surface area contributed by atoms with Crippen molar-refractivity contribution in [1.82, 2.24) is 15.3 Å². The van der Waals surface area contributed by atoms with Crippen LogP contribution in [0.4, 0.5) is 0 Å². The number of benzene rings is 2. The number of aryl methyl sites for hydroxylation is 1. The molecule has 1 heterocycles. The number of Topliss-reactive ketones (excluding diaryl/α,β-unsaturated/α-hetero) is 1. The van der Waals surface area contributed by atoms with E-state index in [2.05, 4.69) is 22.2 Å². The zero-order valence-electron chi connectivity index (χ0n) is 15.6. The number of carbonyl (C=O) groups excluding carboxylic acids is 2. The first kappa shape index (κ1) is 18.8. The summed E-state index contributed by atoms with van der Waals surface area (Å²) in [5.74, 6) is 0.743. The van der Waals surface area contributed by atoms with Gasteiger partial charge in [-0.15, -0.1) is 0 Å². The highest BCUT2D eigenvalue weighted by atomic mass is 16.2. The van der Waals surface area contributed by atoms with Gasteiger partial charge in [0.15, 0.2) is 5.78 Å². The van der Waals surface area contributed by atoms with E-state index in [1.165, 1.54) is 5.56 Å². The summed E-state index contributed by atoms with van der Waals surface area (Å²) in [5.41, 5.74) is 3.83. The van der Waals surface area contributed by atoms with Crippen LogP contribution in [0.15, 0.2) is 48.5 Å². The standard InChI is InChI=1S/C22H25N3O2/c1-2-5-16-8-10-17(11-9-16)20(26)12-13-22(27)23-15-14-21-24-18-6-3-4-7-19(18)25-21/h3-4,6-11H,2,5,12-15H2,1H3,(H,23,27)(H,24,25). The van der Waals surface area contributed by atoms with Gasteiger partial charge in [0, 0.05) is 31.4 Å². The summed E-state index contributed by atoms with van der Waals surface area (Å²) in [6.45, 7) is 2.63. The Morgan fingerprint density at radius 2 is 1.78 bits per heavy atom. The minimum atomic E-state index is -0.109. The Bertz CT molecular complexity index is 880. The van der Waals surface area contributed by atoms with Gasteiger partial charge in [-0.25, -0.2) is 4.98 Å². The van der Waals surface area contributed by atoms with Gasteiger partial charge in [-0.1, -0.05) is 49.7 Å². The van der Waals surface area contributed by atoms with Gasteiger partial charge in [0.2, 0.25) is 5.91 Å². The first-order chi connectivity index (χ1) is 13.2. The smallest absolute Gasteiger partial charge is 0.220 e. The van der Waals surface area contributed by atoms with Crippen LogP contribution in [0.5, 0.6) is 0 Å². The van der Waals surface area contributed by atoms with Gasteiger partial charge in [0.05, 0.1) is 11.0 Å². The van der Waals surface area contributed by atoms with Crippen molar-refractivity contribution in [2.45, 2.75) is 39.0 Å². The van der Waals surface area contributed by atoms with Crippen molar-refractivity contribution in [2.75, 3.05) is 6.54 Å². The number of nitrogens with one attached hydrogen (secondary N) is 2. The number of hydrogen-bond donors (Lipinski definition) is 2. The number of aromatic nitrogens is 2. The number of amides is 1. The molecule has 0 aliphatic rings. The van der Waals surface area contributed by atoms with Crippen LogP contribution in [0.2, 0.25) is 0 Å². The Hall–Kier alpha value is -2.95. The SMILES string of the molecule is CCCc1ccc(C(=O)CCC(=O)NCCc2nc3ccccc3[nH]2)cc1. The van der Waals surface area contributed by atoms with E-state index in [1.807, 2.05) is 48.5 Å². The molecular weight excluding hydrogens is 338 g/mol. The Balaban J connectivity index is 1.40. The second-order valence-corrected chi connectivity index (χ2v) is 6.67. The lowest BCUT2D eigenvalue weighted by Crippen LogP contribution is -2.26. The molecule has 0 atom stereocenters. The van der Waals surface area contributed by atoms with Gasteiger partial charge < -0.3 is 10.3 Å². The monoisotopic (exact) mass is 363 g/mol. The highest BCUT2D eigenvalue weighted by molar-refractivity contribution is 5.97. The fraction of sp³-hybridized carbons (Fsp3) is 0.318.